The van der Waals surface area contributed by atoms with Crippen LogP contribution in [0.2, 0.25) is 0 Å². The number of benzene rings is 2. The Morgan fingerprint density at radius 1 is 0.923 bits per heavy atom. The molecule has 2 aromatic rings. The third-order valence-electron chi connectivity index (χ3n) is 5.12. The van der Waals surface area contributed by atoms with Crippen LogP contribution in [0.3, 0.4) is 0 Å². The Balaban J connectivity index is 1.41. The Labute approximate surface area is 153 Å². The van der Waals surface area contributed by atoms with E-state index in [0.717, 1.165) is 37.1 Å². The number of ether oxygens (including phenoxy) is 2. The van der Waals surface area contributed by atoms with Crippen LogP contribution in [0.4, 0.5) is 11.4 Å². The molecule has 0 unspecified atom stereocenters. The molecule has 2 aromatic carbocycles. The molecule has 0 atom stereocenters. The summed E-state index contributed by atoms with van der Waals surface area (Å²) in [4.78, 5) is 12.8. The van der Waals surface area contributed by atoms with Crippen molar-refractivity contribution in [1.82, 2.24) is 5.32 Å². The molecule has 5 nitrogen and oxygen atoms in total. The van der Waals surface area contributed by atoms with Crippen molar-refractivity contribution in [2.75, 3.05) is 18.5 Å². The van der Waals surface area contributed by atoms with Crippen LogP contribution in [0, 0.1) is 0 Å². The highest BCUT2D eigenvalue weighted by Gasteiger charge is 2.40. The molecule has 2 N–H and O–H groups in total. The van der Waals surface area contributed by atoms with Gasteiger partial charge in [-0.25, -0.2) is 0 Å². The monoisotopic (exact) mass is 352 g/mol. The predicted molar refractivity (Wildman–Crippen MR) is 101 cm³/mol. The topological polar surface area (TPSA) is 59.6 Å². The van der Waals surface area contributed by atoms with E-state index in [1.54, 1.807) is 0 Å². The van der Waals surface area contributed by atoms with Crippen molar-refractivity contribution in [3.05, 3.63) is 60.2 Å². The summed E-state index contributed by atoms with van der Waals surface area (Å²) in [7, 11) is 0. The van der Waals surface area contributed by atoms with Gasteiger partial charge in [-0.3, -0.25) is 4.79 Å². The number of carbonyl (C=O) groups excluding carboxylic acids is 1. The third kappa shape index (κ3) is 3.74. The van der Waals surface area contributed by atoms with E-state index in [9.17, 15) is 4.79 Å². The molecule has 1 saturated heterocycles. The summed E-state index contributed by atoms with van der Waals surface area (Å²) in [6, 6.07) is 17.6. The Hall–Kier alpha value is -2.37. The van der Waals surface area contributed by atoms with Gasteiger partial charge in [0.25, 0.3) is 5.91 Å². The van der Waals surface area contributed by atoms with Gasteiger partial charge in [0.2, 0.25) is 0 Å². The molecule has 1 aliphatic carbocycles. The van der Waals surface area contributed by atoms with Gasteiger partial charge < -0.3 is 20.1 Å². The Bertz CT molecular complexity index is 747. The van der Waals surface area contributed by atoms with Gasteiger partial charge in [-0.15, -0.1) is 0 Å². The first-order valence-electron chi connectivity index (χ1n) is 9.24. The van der Waals surface area contributed by atoms with Gasteiger partial charge >= 0.3 is 0 Å². The average Bonchev–Trinajstić information content (AvgIpc) is 3.13. The smallest absolute Gasteiger partial charge is 0.253 e. The van der Waals surface area contributed by atoms with Crippen LogP contribution in [0.1, 0.15) is 36.0 Å². The van der Waals surface area contributed by atoms with Crippen LogP contribution < -0.4 is 10.6 Å². The largest absolute Gasteiger partial charge is 0.355 e. The lowest BCUT2D eigenvalue weighted by Crippen LogP contribution is -2.44. The zero-order chi connectivity index (χ0) is 17.8. The lowest BCUT2D eigenvalue weighted by Gasteiger charge is -2.35. The molecule has 0 bridgehead atoms. The summed E-state index contributed by atoms with van der Waals surface area (Å²) in [6.45, 7) is 1.35. The number of rotatable bonds is 4. The van der Waals surface area contributed by atoms with Crippen molar-refractivity contribution in [1.29, 1.82) is 0 Å². The summed E-state index contributed by atoms with van der Waals surface area (Å²) in [5, 5.41) is 6.51. The molecular weight excluding hydrogens is 328 g/mol. The summed E-state index contributed by atoms with van der Waals surface area (Å²) >= 11 is 0. The Morgan fingerprint density at radius 2 is 1.58 bits per heavy atom. The van der Waals surface area contributed by atoms with Gasteiger partial charge in [0, 0.05) is 24.6 Å². The van der Waals surface area contributed by atoms with Gasteiger partial charge in [-0.2, -0.15) is 0 Å². The normalized spacial score (nSPS) is 19.4. The van der Waals surface area contributed by atoms with Crippen molar-refractivity contribution in [3.63, 3.8) is 0 Å². The second-order valence-corrected chi connectivity index (χ2v) is 6.89. The third-order valence-corrected chi connectivity index (χ3v) is 5.12. The molecule has 1 aliphatic heterocycles. The first-order chi connectivity index (χ1) is 12.7. The van der Waals surface area contributed by atoms with Crippen LogP contribution in [0.15, 0.2) is 54.6 Å². The second kappa shape index (κ2) is 7.48. The Kier molecular flexibility index (Phi) is 4.91. The molecule has 5 heteroatoms. The van der Waals surface area contributed by atoms with Crippen molar-refractivity contribution >= 4 is 17.3 Å². The molecule has 2 fully saturated rings. The van der Waals surface area contributed by atoms with Crippen LogP contribution >= 0.6 is 0 Å². The molecule has 0 radical (unpaired) electrons. The fourth-order valence-corrected chi connectivity index (χ4v) is 3.72. The van der Waals surface area contributed by atoms with Crippen LogP contribution in [0.5, 0.6) is 0 Å². The maximum Gasteiger partial charge on any atom is 0.253 e. The van der Waals surface area contributed by atoms with E-state index in [2.05, 4.69) is 10.6 Å². The summed E-state index contributed by atoms with van der Waals surface area (Å²) in [5.74, 6) is -0.438. The van der Waals surface area contributed by atoms with E-state index in [4.69, 9.17) is 9.47 Å². The van der Waals surface area contributed by atoms with Crippen molar-refractivity contribution < 1.29 is 14.3 Å². The van der Waals surface area contributed by atoms with E-state index >= 15 is 0 Å². The number of hydrogen-bond acceptors (Lipinski definition) is 4. The van der Waals surface area contributed by atoms with Gasteiger partial charge in [0.1, 0.15) is 0 Å². The van der Waals surface area contributed by atoms with E-state index < -0.39 is 5.79 Å². The second-order valence-electron chi connectivity index (χ2n) is 6.89. The number of anilines is 2. The van der Waals surface area contributed by atoms with Gasteiger partial charge in [-0.05, 0) is 37.1 Å². The lowest BCUT2D eigenvalue weighted by atomic mass is 9.90. The number of carbonyl (C=O) groups is 1. The highest BCUT2D eigenvalue weighted by Crippen LogP contribution is 2.35. The van der Waals surface area contributed by atoms with Gasteiger partial charge in [0.15, 0.2) is 5.79 Å². The summed E-state index contributed by atoms with van der Waals surface area (Å²) < 4.78 is 11.5. The van der Waals surface area contributed by atoms with Gasteiger partial charge in [-0.1, -0.05) is 30.3 Å². The fraction of sp³-hybridized carbons (Fsp3) is 0.381. The first kappa shape index (κ1) is 17.1. The minimum Gasteiger partial charge on any atom is -0.355 e. The van der Waals surface area contributed by atoms with E-state index in [0.29, 0.717) is 18.8 Å². The number of para-hydroxylation sites is 2. The quantitative estimate of drug-likeness (QED) is 0.878. The maximum atomic E-state index is 12.8. The number of amides is 1. The van der Waals surface area contributed by atoms with Crippen molar-refractivity contribution in [3.8, 4) is 0 Å². The number of nitrogens with one attached hydrogen (secondary N) is 2. The highest BCUT2D eigenvalue weighted by atomic mass is 16.7. The predicted octanol–water partition coefficient (Wildman–Crippen LogP) is 3.85. The zero-order valence-electron chi connectivity index (χ0n) is 14.7. The summed E-state index contributed by atoms with van der Waals surface area (Å²) in [6.07, 6.45) is 3.42. The molecule has 26 heavy (non-hydrogen) atoms. The minimum atomic E-state index is -0.395. The lowest BCUT2D eigenvalue weighted by molar-refractivity contribution is -0.179. The molecule has 0 aromatic heterocycles. The van der Waals surface area contributed by atoms with Crippen molar-refractivity contribution in [2.24, 2.45) is 0 Å². The number of hydrogen-bond donors (Lipinski definition) is 2. The molecule has 1 amide bonds. The van der Waals surface area contributed by atoms with Crippen LogP contribution in [-0.4, -0.2) is 30.9 Å². The highest BCUT2D eigenvalue weighted by molar-refractivity contribution is 6.00. The molecule has 1 saturated carbocycles. The van der Waals surface area contributed by atoms with E-state index in [1.807, 2.05) is 54.6 Å². The fourth-order valence-electron chi connectivity index (χ4n) is 3.72. The molecule has 1 heterocycles. The molecule has 1 spiro atoms. The molecular formula is C21H24N2O3. The Morgan fingerprint density at radius 3 is 2.31 bits per heavy atom. The average molecular weight is 352 g/mol. The SMILES string of the molecule is O=C(NC1CCC2(CC1)OCCO2)c1ccccc1Nc1ccccc1. The van der Waals surface area contributed by atoms with Crippen LogP contribution in [0.25, 0.3) is 0 Å². The van der Waals surface area contributed by atoms with E-state index in [-0.39, 0.29) is 11.9 Å². The van der Waals surface area contributed by atoms with Gasteiger partial charge in [0.05, 0.1) is 24.5 Å². The summed E-state index contributed by atoms with van der Waals surface area (Å²) in [5.41, 5.74) is 2.43. The first-order valence-corrected chi connectivity index (χ1v) is 9.24. The van der Waals surface area contributed by atoms with Crippen molar-refractivity contribution in [2.45, 2.75) is 37.5 Å². The maximum absolute atomic E-state index is 12.8. The molecule has 4 rings (SSSR count). The molecule has 2 aliphatic rings. The van der Waals surface area contributed by atoms with Crippen LogP contribution in [-0.2, 0) is 9.47 Å². The zero-order valence-corrected chi connectivity index (χ0v) is 14.7. The minimum absolute atomic E-state index is 0.0433. The standard InChI is InChI=1S/C21H24N2O3/c24-20(23-17-10-12-21(13-11-17)25-14-15-26-21)18-8-4-5-9-19(18)22-16-6-2-1-3-7-16/h1-9,17,22H,10-15H2,(H,23,24). The molecule has 136 valence electrons. The van der Waals surface area contributed by atoms with E-state index in [1.165, 1.54) is 0 Å².